The van der Waals surface area contributed by atoms with Crippen LogP contribution in [0.15, 0.2) is 103 Å². The van der Waals surface area contributed by atoms with E-state index in [0.717, 1.165) is 6.42 Å². The summed E-state index contributed by atoms with van der Waals surface area (Å²) in [5.41, 5.74) is 10.2. The van der Waals surface area contributed by atoms with Crippen molar-refractivity contribution < 1.29 is 0 Å². The van der Waals surface area contributed by atoms with Crippen molar-refractivity contribution in [2.75, 3.05) is 5.32 Å². The molecule has 0 radical (unpaired) electrons. The second-order valence-corrected chi connectivity index (χ2v) is 8.01. The van der Waals surface area contributed by atoms with Gasteiger partial charge in [-0.15, -0.1) is 0 Å². The minimum absolute atomic E-state index is 0.283. The topological polar surface area (TPSA) is 27.8 Å². The van der Waals surface area contributed by atoms with Crippen molar-refractivity contribution in [1.82, 2.24) is 4.98 Å². The van der Waals surface area contributed by atoms with Gasteiger partial charge in [0.2, 0.25) is 0 Å². The predicted molar refractivity (Wildman–Crippen MR) is 126 cm³/mol. The molecule has 0 bridgehead atoms. The molecule has 30 heavy (non-hydrogen) atoms. The Morgan fingerprint density at radius 2 is 1.30 bits per heavy atom. The van der Waals surface area contributed by atoms with Crippen molar-refractivity contribution in [1.29, 1.82) is 0 Å². The van der Waals surface area contributed by atoms with Crippen LogP contribution in [-0.2, 0) is 6.42 Å². The molecule has 5 aromatic rings. The van der Waals surface area contributed by atoms with Gasteiger partial charge in [0, 0.05) is 22.8 Å². The molecule has 2 nitrogen and oxygen atoms in total. The zero-order valence-electron chi connectivity index (χ0n) is 16.6. The maximum absolute atomic E-state index is 3.75. The molecule has 2 heteroatoms. The zero-order valence-corrected chi connectivity index (χ0v) is 16.6. The summed E-state index contributed by atoms with van der Waals surface area (Å²) in [6.45, 7) is 0. The van der Waals surface area contributed by atoms with Gasteiger partial charge in [-0.3, -0.25) is 0 Å². The molecule has 0 saturated carbocycles. The summed E-state index contributed by atoms with van der Waals surface area (Å²) in [5, 5.41) is 5.04. The summed E-state index contributed by atoms with van der Waals surface area (Å²) < 4.78 is 0. The maximum atomic E-state index is 3.75. The number of aromatic amines is 1. The number of benzene rings is 4. The van der Waals surface area contributed by atoms with Crippen LogP contribution in [0.5, 0.6) is 0 Å². The average molecular weight is 386 g/mol. The second kappa shape index (κ2) is 6.93. The van der Waals surface area contributed by atoms with E-state index >= 15 is 0 Å². The Morgan fingerprint density at radius 1 is 0.633 bits per heavy atom. The molecule has 0 saturated heterocycles. The summed E-state index contributed by atoms with van der Waals surface area (Å²) in [7, 11) is 0. The average Bonchev–Trinajstić information content (AvgIpc) is 3.43. The number of rotatable bonds is 3. The molecular weight excluding hydrogens is 364 g/mol. The Balaban J connectivity index is 1.35. The molecule has 1 atom stereocenters. The Labute approximate surface area is 176 Å². The van der Waals surface area contributed by atoms with Gasteiger partial charge in [-0.1, -0.05) is 72.8 Å². The van der Waals surface area contributed by atoms with Gasteiger partial charge in [0.25, 0.3) is 0 Å². The quantitative estimate of drug-likeness (QED) is 0.337. The van der Waals surface area contributed by atoms with E-state index in [0.29, 0.717) is 0 Å². The molecule has 0 fully saturated rings. The van der Waals surface area contributed by atoms with Gasteiger partial charge >= 0.3 is 0 Å². The number of aromatic nitrogens is 1. The van der Waals surface area contributed by atoms with Crippen LogP contribution >= 0.6 is 0 Å². The number of H-pyrrole nitrogens is 1. The summed E-state index contributed by atoms with van der Waals surface area (Å²) in [6, 6.07) is 35.0. The first-order chi connectivity index (χ1) is 14.8. The van der Waals surface area contributed by atoms with E-state index in [4.69, 9.17) is 0 Å². The van der Waals surface area contributed by atoms with Crippen LogP contribution in [0.2, 0.25) is 0 Å². The first-order valence-electron chi connectivity index (χ1n) is 10.5. The molecule has 1 aliphatic heterocycles. The third-order valence-corrected chi connectivity index (χ3v) is 6.16. The molecule has 4 aromatic carbocycles. The van der Waals surface area contributed by atoms with E-state index in [-0.39, 0.29) is 6.04 Å². The molecule has 1 unspecified atom stereocenters. The highest BCUT2D eigenvalue weighted by Gasteiger charge is 2.24. The smallest absolute Gasteiger partial charge is 0.0576 e. The molecule has 2 heterocycles. The Kier molecular flexibility index (Phi) is 3.95. The van der Waals surface area contributed by atoms with E-state index in [2.05, 4.69) is 114 Å². The van der Waals surface area contributed by atoms with Crippen molar-refractivity contribution in [2.24, 2.45) is 0 Å². The van der Waals surface area contributed by atoms with Crippen LogP contribution in [0.3, 0.4) is 0 Å². The fourth-order valence-electron chi connectivity index (χ4n) is 4.60. The number of anilines is 1. The normalized spacial score (nSPS) is 15.1. The fraction of sp³-hybridized carbons (Fsp3) is 0.0714. The van der Waals surface area contributed by atoms with Crippen molar-refractivity contribution >= 4 is 16.6 Å². The van der Waals surface area contributed by atoms with E-state index in [1.54, 1.807) is 0 Å². The fourth-order valence-corrected chi connectivity index (χ4v) is 4.60. The van der Waals surface area contributed by atoms with Crippen molar-refractivity contribution in [3.63, 3.8) is 0 Å². The van der Waals surface area contributed by atoms with E-state index < -0.39 is 0 Å². The highest BCUT2D eigenvalue weighted by molar-refractivity contribution is 5.89. The third-order valence-electron chi connectivity index (χ3n) is 6.16. The minimum atomic E-state index is 0.283. The Morgan fingerprint density at radius 3 is 2.03 bits per heavy atom. The Hall–Kier alpha value is -3.78. The highest BCUT2D eigenvalue weighted by atomic mass is 15.0. The number of hydrogen-bond acceptors (Lipinski definition) is 1. The monoisotopic (exact) mass is 386 g/mol. The largest absolute Gasteiger partial charge is 0.378 e. The van der Waals surface area contributed by atoms with Gasteiger partial charge in [0.05, 0.1) is 6.04 Å². The molecular formula is C28H22N2. The van der Waals surface area contributed by atoms with Gasteiger partial charge < -0.3 is 10.3 Å². The van der Waals surface area contributed by atoms with E-state index in [9.17, 15) is 0 Å². The van der Waals surface area contributed by atoms with Gasteiger partial charge in [-0.25, -0.2) is 0 Å². The van der Waals surface area contributed by atoms with Crippen LogP contribution in [0, 0.1) is 0 Å². The van der Waals surface area contributed by atoms with Crippen molar-refractivity contribution in [2.45, 2.75) is 12.5 Å². The zero-order chi connectivity index (χ0) is 19.9. The molecule has 1 aliphatic rings. The van der Waals surface area contributed by atoms with Gasteiger partial charge in [-0.05, 0) is 64.1 Å². The van der Waals surface area contributed by atoms with Gasteiger partial charge in [0.15, 0.2) is 0 Å². The van der Waals surface area contributed by atoms with Crippen molar-refractivity contribution in [3.05, 3.63) is 114 Å². The summed E-state index contributed by atoms with van der Waals surface area (Å²) in [6.07, 6.45) is 3.17. The highest BCUT2D eigenvalue weighted by Crippen LogP contribution is 2.39. The summed E-state index contributed by atoms with van der Waals surface area (Å²) >= 11 is 0. The van der Waals surface area contributed by atoms with Gasteiger partial charge in [-0.2, -0.15) is 0 Å². The van der Waals surface area contributed by atoms with E-state index in [1.165, 1.54) is 50.0 Å². The molecule has 0 spiro atoms. The molecule has 2 N–H and O–H groups in total. The third kappa shape index (κ3) is 2.89. The lowest BCUT2D eigenvalue weighted by Gasteiger charge is -2.11. The summed E-state index contributed by atoms with van der Waals surface area (Å²) in [4.78, 5) is 3.47. The number of fused-ring (bicyclic) bond motifs is 2. The van der Waals surface area contributed by atoms with Crippen LogP contribution in [-0.4, -0.2) is 4.98 Å². The second-order valence-electron chi connectivity index (χ2n) is 8.01. The molecule has 1 aromatic heterocycles. The van der Waals surface area contributed by atoms with Crippen LogP contribution in [0.4, 0.5) is 5.69 Å². The standard InChI is InChI=1S/C28H22N2/c1-3-7-19(8-4-1)21-11-13-26-23(15-21)17-28(30-26)25-18-29-27-14-12-22(16-24(25)27)20-9-5-2-6-10-20/h1-16,18,28-30H,17H2. The van der Waals surface area contributed by atoms with Crippen molar-refractivity contribution in [3.8, 4) is 22.3 Å². The first-order valence-corrected chi connectivity index (χ1v) is 10.5. The SMILES string of the molecule is c1ccc(-c2ccc3c(c2)CC(c2c[nH]c4ccc(-c5ccccc5)cc24)N3)cc1. The molecule has 144 valence electrons. The predicted octanol–water partition coefficient (Wildman–Crippen LogP) is 7.21. The number of hydrogen-bond donors (Lipinski definition) is 2. The lowest BCUT2D eigenvalue weighted by atomic mass is 9.97. The lowest BCUT2D eigenvalue weighted by molar-refractivity contribution is 0.832. The summed E-state index contributed by atoms with van der Waals surface area (Å²) in [5.74, 6) is 0. The molecule has 6 rings (SSSR count). The van der Waals surface area contributed by atoms with Crippen LogP contribution in [0.25, 0.3) is 33.2 Å². The lowest BCUT2D eigenvalue weighted by Crippen LogP contribution is -2.04. The minimum Gasteiger partial charge on any atom is -0.378 e. The molecule has 0 aliphatic carbocycles. The van der Waals surface area contributed by atoms with Crippen LogP contribution < -0.4 is 5.32 Å². The molecule has 0 amide bonds. The van der Waals surface area contributed by atoms with E-state index in [1.807, 2.05) is 0 Å². The number of nitrogens with one attached hydrogen (secondary N) is 2. The maximum Gasteiger partial charge on any atom is 0.0576 e. The van der Waals surface area contributed by atoms with Crippen LogP contribution in [0.1, 0.15) is 17.2 Å². The first kappa shape index (κ1) is 17.1. The Bertz CT molecular complexity index is 1330. The van der Waals surface area contributed by atoms with Gasteiger partial charge in [0.1, 0.15) is 0 Å².